The summed E-state index contributed by atoms with van der Waals surface area (Å²) in [5.74, 6) is 0. The Balaban J connectivity index is 2.56. The third-order valence-corrected chi connectivity index (χ3v) is 3.38. The number of aromatic nitrogens is 2. The van der Waals surface area contributed by atoms with Crippen LogP contribution in [-0.2, 0) is 9.84 Å². The minimum atomic E-state index is -3.36. The van der Waals surface area contributed by atoms with E-state index >= 15 is 0 Å². The highest BCUT2D eigenvalue weighted by atomic mass is 32.2. The molecule has 0 atom stereocenters. The van der Waals surface area contributed by atoms with Gasteiger partial charge in [-0.25, -0.2) is 8.42 Å². The SMILES string of the molecule is O=S(=O)(c1ccc[nH]1)c1ccc[nH]1. The average molecular weight is 196 g/mol. The Morgan fingerprint density at radius 2 is 1.38 bits per heavy atom. The Bertz CT molecular complexity index is 428. The number of rotatable bonds is 2. The van der Waals surface area contributed by atoms with Gasteiger partial charge in [0.25, 0.3) is 0 Å². The summed E-state index contributed by atoms with van der Waals surface area (Å²) in [4.78, 5) is 5.32. The molecule has 0 radical (unpaired) electrons. The lowest BCUT2D eigenvalue weighted by molar-refractivity contribution is 0.590. The Morgan fingerprint density at radius 1 is 0.923 bits per heavy atom. The van der Waals surface area contributed by atoms with Crippen molar-refractivity contribution in [3.8, 4) is 0 Å². The molecule has 5 heteroatoms. The maximum atomic E-state index is 11.7. The standard InChI is InChI=1S/C8H8N2O2S/c11-13(12,7-3-1-5-9-7)8-4-2-6-10-8/h1-6,9-10H. The van der Waals surface area contributed by atoms with Crippen LogP contribution in [-0.4, -0.2) is 18.4 Å². The van der Waals surface area contributed by atoms with Crippen LogP contribution in [0.5, 0.6) is 0 Å². The summed E-state index contributed by atoms with van der Waals surface area (Å²) in [6.45, 7) is 0. The van der Waals surface area contributed by atoms with E-state index in [9.17, 15) is 8.42 Å². The van der Waals surface area contributed by atoms with Crippen molar-refractivity contribution in [2.24, 2.45) is 0 Å². The van der Waals surface area contributed by atoms with E-state index in [0.717, 1.165) is 0 Å². The predicted octanol–water partition coefficient (Wildman–Crippen LogP) is 1.18. The first kappa shape index (κ1) is 8.12. The van der Waals surface area contributed by atoms with Gasteiger partial charge in [0.05, 0.1) is 0 Å². The zero-order valence-corrected chi connectivity index (χ0v) is 7.51. The average Bonchev–Trinajstić information content (AvgIpc) is 2.78. The van der Waals surface area contributed by atoms with Gasteiger partial charge in [-0.3, -0.25) is 0 Å². The fourth-order valence-electron chi connectivity index (χ4n) is 1.08. The van der Waals surface area contributed by atoms with E-state index in [4.69, 9.17) is 0 Å². The van der Waals surface area contributed by atoms with Crippen LogP contribution in [0.15, 0.2) is 46.7 Å². The van der Waals surface area contributed by atoms with Crippen LogP contribution in [0.2, 0.25) is 0 Å². The zero-order valence-electron chi connectivity index (χ0n) is 6.69. The molecule has 2 aromatic heterocycles. The van der Waals surface area contributed by atoms with Gasteiger partial charge in [0.15, 0.2) is 0 Å². The highest BCUT2D eigenvalue weighted by molar-refractivity contribution is 7.91. The third kappa shape index (κ3) is 1.27. The van der Waals surface area contributed by atoms with E-state index in [1.54, 1.807) is 24.5 Å². The minimum absolute atomic E-state index is 0.204. The zero-order chi connectivity index (χ0) is 9.31. The number of sulfone groups is 1. The highest BCUT2D eigenvalue weighted by Crippen LogP contribution is 2.16. The Morgan fingerprint density at radius 3 is 1.69 bits per heavy atom. The molecule has 2 heterocycles. The summed E-state index contributed by atoms with van der Waals surface area (Å²) in [5.41, 5.74) is 0. The number of H-pyrrole nitrogens is 2. The van der Waals surface area contributed by atoms with Gasteiger partial charge in [-0.1, -0.05) is 0 Å². The predicted molar refractivity (Wildman–Crippen MR) is 47.0 cm³/mol. The Hall–Kier alpha value is -1.49. The summed E-state index contributed by atoms with van der Waals surface area (Å²) >= 11 is 0. The molecule has 0 aliphatic carbocycles. The van der Waals surface area contributed by atoms with Gasteiger partial charge in [-0.15, -0.1) is 0 Å². The molecule has 2 rings (SSSR count). The second-order valence-corrected chi connectivity index (χ2v) is 4.46. The Kier molecular flexibility index (Phi) is 1.73. The summed E-state index contributed by atoms with van der Waals surface area (Å²) in [7, 11) is -3.36. The molecule has 0 aliphatic heterocycles. The van der Waals surface area contributed by atoms with Gasteiger partial charge in [-0.2, -0.15) is 0 Å². The molecule has 0 aliphatic rings. The maximum Gasteiger partial charge on any atom is 0.237 e. The lowest BCUT2D eigenvalue weighted by Crippen LogP contribution is -2.02. The van der Waals surface area contributed by atoms with Crippen molar-refractivity contribution in [2.45, 2.75) is 10.1 Å². The number of hydrogen-bond donors (Lipinski definition) is 2. The van der Waals surface area contributed by atoms with Crippen molar-refractivity contribution in [3.05, 3.63) is 36.7 Å². The first-order chi connectivity index (χ1) is 6.21. The minimum Gasteiger partial charge on any atom is -0.352 e. The van der Waals surface area contributed by atoms with Crippen molar-refractivity contribution in [2.75, 3.05) is 0 Å². The fourth-order valence-corrected chi connectivity index (χ4v) is 2.28. The van der Waals surface area contributed by atoms with Crippen molar-refractivity contribution in [1.82, 2.24) is 9.97 Å². The van der Waals surface area contributed by atoms with Gasteiger partial charge in [-0.05, 0) is 24.3 Å². The summed E-state index contributed by atoms with van der Waals surface area (Å²) in [5, 5.41) is 0.407. The molecular formula is C8H8N2O2S. The monoisotopic (exact) mass is 196 g/mol. The smallest absolute Gasteiger partial charge is 0.237 e. The first-order valence-corrected chi connectivity index (χ1v) is 5.21. The van der Waals surface area contributed by atoms with Crippen LogP contribution in [0, 0.1) is 0 Å². The van der Waals surface area contributed by atoms with E-state index in [0.29, 0.717) is 0 Å². The van der Waals surface area contributed by atoms with E-state index in [1.165, 1.54) is 12.1 Å². The highest BCUT2D eigenvalue weighted by Gasteiger charge is 2.18. The fraction of sp³-hybridized carbons (Fsp3) is 0. The molecular weight excluding hydrogens is 188 g/mol. The van der Waals surface area contributed by atoms with Crippen LogP contribution >= 0.6 is 0 Å². The van der Waals surface area contributed by atoms with Gasteiger partial charge in [0.1, 0.15) is 10.1 Å². The molecule has 2 aromatic rings. The van der Waals surface area contributed by atoms with E-state index in [2.05, 4.69) is 9.97 Å². The van der Waals surface area contributed by atoms with Gasteiger partial charge >= 0.3 is 0 Å². The molecule has 0 fully saturated rings. The first-order valence-electron chi connectivity index (χ1n) is 3.73. The second-order valence-electron chi connectivity index (χ2n) is 2.57. The van der Waals surface area contributed by atoms with Gasteiger partial charge < -0.3 is 9.97 Å². The van der Waals surface area contributed by atoms with E-state index in [1.807, 2.05) is 0 Å². The molecule has 2 N–H and O–H groups in total. The number of hydrogen-bond acceptors (Lipinski definition) is 2. The van der Waals surface area contributed by atoms with Crippen molar-refractivity contribution >= 4 is 9.84 Å². The van der Waals surface area contributed by atoms with Crippen molar-refractivity contribution in [3.63, 3.8) is 0 Å². The second kappa shape index (κ2) is 2.77. The molecule has 0 aromatic carbocycles. The summed E-state index contributed by atoms with van der Waals surface area (Å²) in [6.07, 6.45) is 3.16. The maximum absolute atomic E-state index is 11.7. The van der Waals surface area contributed by atoms with Crippen LogP contribution in [0.3, 0.4) is 0 Å². The normalized spacial score (nSPS) is 11.7. The quantitative estimate of drug-likeness (QED) is 0.757. The molecule has 13 heavy (non-hydrogen) atoms. The molecule has 68 valence electrons. The van der Waals surface area contributed by atoms with E-state index < -0.39 is 9.84 Å². The van der Waals surface area contributed by atoms with Crippen LogP contribution < -0.4 is 0 Å². The summed E-state index contributed by atoms with van der Waals surface area (Å²) in [6, 6.07) is 6.35. The lowest BCUT2D eigenvalue weighted by Gasteiger charge is -1.97. The van der Waals surface area contributed by atoms with E-state index in [-0.39, 0.29) is 10.1 Å². The molecule has 4 nitrogen and oxygen atoms in total. The molecule has 0 saturated heterocycles. The van der Waals surface area contributed by atoms with Gasteiger partial charge in [0, 0.05) is 12.4 Å². The van der Waals surface area contributed by atoms with Crippen molar-refractivity contribution in [1.29, 1.82) is 0 Å². The largest absolute Gasteiger partial charge is 0.352 e. The number of aromatic amines is 2. The third-order valence-electron chi connectivity index (χ3n) is 1.72. The molecule has 0 saturated carbocycles. The summed E-state index contributed by atoms with van der Waals surface area (Å²) < 4.78 is 23.4. The van der Waals surface area contributed by atoms with Crippen LogP contribution in [0.4, 0.5) is 0 Å². The van der Waals surface area contributed by atoms with Crippen LogP contribution in [0.1, 0.15) is 0 Å². The number of nitrogens with one attached hydrogen (secondary N) is 2. The lowest BCUT2D eigenvalue weighted by atomic mass is 10.7. The van der Waals surface area contributed by atoms with Crippen LogP contribution in [0.25, 0.3) is 0 Å². The molecule has 0 bridgehead atoms. The molecule has 0 amide bonds. The molecule has 0 spiro atoms. The van der Waals surface area contributed by atoms with Gasteiger partial charge in [0.2, 0.25) is 9.84 Å². The Labute approximate surface area is 75.5 Å². The molecule has 0 unspecified atom stereocenters. The van der Waals surface area contributed by atoms with Crippen molar-refractivity contribution < 1.29 is 8.42 Å². The topological polar surface area (TPSA) is 65.7 Å².